The van der Waals surface area contributed by atoms with Gasteiger partial charge in [-0.15, -0.1) is 0 Å². The molecule has 2 aliphatic rings. The lowest BCUT2D eigenvalue weighted by Gasteiger charge is -2.32. The molecule has 7 heteroatoms. The molecule has 0 spiro atoms. The van der Waals surface area contributed by atoms with E-state index >= 15 is 0 Å². The molecule has 0 atom stereocenters. The van der Waals surface area contributed by atoms with E-state index in [1.807, 2.05) is 12.4 Å². The number of rotatable bonds is 4. The predicted octanol–water partition coefficient (Wildman–Crippen LogP) is 3.71. The molecule has 7 nitrogen and oxygen atoms in total. The molecular weight excluding hydrogens is 410 g/mol. The lowest BCUT2D eigenvalue weighted by Crippen LogP contribution is -2.43. The first-order valence-corrected chi connectivity index (χ1v) is 11.7. The van der Waals surface area contributed by atoms with Crippen molar-refractivity contribution in [3.8, 4) is 22.5 Å². The van der Waals surface area contributed by atoms with E-state index in [0.29, 0.717) is 0 Å². The molecule has 2 N–H and O–H groups in total. The standard InChI is InChI=1S/C26H29N7/c1-17-24(26-29-15-23-22(31-26)7-8-27-23)21-13-20(14-28-25(21)30-17)19-5-3-18(4-6-19)16-33-11-9-32(2)10-12-33/h3-6,13-15,27H,7-12,16H2,1-2H3,(H,28,30). The number of fused-ring (bicyclic) bond motifs is 2. The summed E-state index contributed by atoms with van der Waals surface area (Å²) in [5, 5.41) is 4.40. The van der Waals surface area contributed by atoms with Gasteiger partial charge in [0, 0.05) is 74.1 Å². The topological polar surface area (TPSA) is 73.0 Å². The van der Waals surface area contributed by atoms with Crippen LogP contribution in [0.5, 0.6) is 0 Å². The fourth-order valence-corrected chi connectivity index (χ4v) is 4.90. The molecule has 168 valence electrons. The van der Waals surface area contributed by atoms with Crippen LogP contribution in [0.15, 0.2) is 42.7 Å². The van der Waals surface area contributed by atoms with Gasteiger partial charge >= 0.3 is 0 Å². The van der Waals surface area contributed by atoms with Crippen LogP contribution in [0.2, 0.25) is 0 Å². The smallest absolute Gasteiger partial charge is 0.162 e. The summed E-state index contributed by atoms with van der Waals surface area (Å²) < 4.78 is 0. The number of anilines is 1. The highest BCUT2D eigenvalue weighted by Gasteiger charge is 2.19. The van der Waals surface area contributed by atoms with Crippen LogP contribution in [0.4, 0.5) is 5.69 Å². The third-order valence-corrected chi connectivity index (χ3v) is 6.90. The molecule has 0 bridgehead atoms. The third-order valence-electron chi connectivity index (χ3n) is 6.90. The van der Waals surface area contributed by atoms with Crippen LogP contribution in [0.3, 0.4) is 0 Å². The molecule has 4 aromatic rings. The van der Waals surface area contributed by atoms with Gasteiger partial charge in [0.1, 0.15) is 5.65 Å². The SMILES string of the molecule is Cc1[nH]c2ncc(-c3ccc(CN4CCN(C)CC4)cc3)cc2c1-c1ncc2c(n1)CCN2. The lowest BCUT2D eigenvalue weighted by molar-refractivity contribution is 0.148. The van der Waals surface area contributed by atoms with Crippen LogP contribution >= 0.6 is 0 Å². The molecule has 0 unspecified atom stereocenters. The van der Waals surface area contributed by atoms with Crippen LogP contribution < -0.4 is 5.32 Å². The summed E-state index contributed by atoms with van der Waals surface area (Å²) in [4.78, 5) is 22.6. The maximum Gasteiger partial charge on any atom is 0.162 e. The minimum absolute atomic E-state index is 0.766. The zero-order valence-electron chi connectivity index (χ0n) is 19.2. The Kier molecular flexibility index (Phi) is 5.08. The number of nitrogens with one attached hydrogen (secondary N) is 2. The molecule has 5 heterocycles. The van der Waals surface area contributed by atoms with E-state index in [1.54, 1.807) is 0 Å². The molecule has 2 aliphatic heterocycles. The summed E-state index contributed by atoms with van der Waals surface area (Å²) in [5.41, 5.74) is 8.74. The zero-order chi connectivity index (χ0) is 22.4. The number of piperazine rings is 1. The second kappa shape index (κ2) is 8.24. The fourth-order valence-electron chi connectivity index (χ4n) is 4.90. The van der Waals surface area contributed by atoms with Gasteiger partial charge in [-0.1, -0.05) is 24.3 Å². The Morgan fingerprint density at radius 2 is 1.79 bits per heavy atom. The van der Waals surface area contributed by atoms with Gasteiger partial charge in [-0.05, 0) is 31.2 Å². The van der Waals surface area contributed by atoms with E-state index in [2.05, 4.69) is 69.4 Å². The number of nitrogens with zero attached hydrogens (tertiary/aromatic N) is 5. The van der Waals surface area contributed by atoms with Crippen LogP contribution in [-0.4, -0.2) is 69.5 Å². The van der Waals surface area contributed by atoms with Crippen molar-refractivity contribution in [3.05, 3.63) is 59.7 Å². The Morgan fingerprint density at radius 1 is 0.970 bits per heavy atom. The summed E-state index contributed by atoms with van der Waals surface area (Å²) in [6, 6.07) is 11.1. The summed E-state index contributed by atoms with van der Waals surface area (Å²) in [5.74, 6) is 0.766. The first-order chi connectivity index (χ1) is 16.1. The summed E-state index contributed by atoms with van der Waals surface area (Å²) in [7, 11) is 2.20. The predicted molar refractivity (Wildman–Crippen MR) is 132 cm³/mol. The molecule has 1 fully saturated rings. The largest absolute Gasteiger partial charge is 0.382 e. The van der Waals surface area contributed by atoms with Gasteiger partial charge in [0.2, 0.25) is 0 Å². The summed E-state index contributed by atoms with van der Waals surface area (Å²) in [6.45, 7) is 8.57. The number of aryl methyl sites for hydroxylation is 1. The number of aromatic amines is 1. The van der Waals surface area contributed by atoms with Gasteiger partial charge in [-0.25, -0.2) is 15.0 Å². The van der Waals surface area contributed by atoms with Crippen LogP contribution in [0.25, 0.3) is 33.5 Å². The Bertz CT molecular complexity index is 1300. The number of pyridine rings is 1. The molecule has 0 amide bonds. The van der Waals surface area contributed by atoms with Crippen molar-refractivity contribution in [1.29, 1.82) is 0 Å². The molecule has 0 saturated carbocycles. The van der Waals surface area contributed by atoms with Crippen LogP contribution in [-0.2, 0) is 13.0 Å². The van der Waals surface area contributed by atoms with Gasteiger partial charge in [-0.3, -0.25) is 4.90 Å². The van der Waals surface area contributed by atoms with Gasteiger partial charge in [0.05, 0.1) is 17.6 Å². The van der Waals surface area contributed by atoms with Crippen molar-refractivity contribution in [2.75, 3.05) is 45.1 Å². The number of hydrogen-bond donors (Lipinski definition) is 2. The van der Waals surface area contributed by atoms with Gasteiger partial charge in [0.25, 0.3) is 0 Å². The highest BCUT2D eigenvalue weighted by atomic mass is 15.2. The average Bonchev–Trinajstić information content (AvgIpc) is 3.43. The van der Waals surface area contributed by atoms with Crippen molar-refractivity contribution in [2.24, 2.45) is 0 Å². The third kappa shape index (κ3) is 3.87. The van der Waals surface area contributed by atoms with Crippen molar-refractivity contribution < 1.29 is 0 Å². The van der Waals surface area contributed by atoms with E-state index in [0.717, 1.165) is 90.7 Å². The monoisotopic (exact) mass is 439 g/mol. The number of likely N-dealkylation sites (N-methyl/N-ethyl adjacent to an activating group) is 1. The second-order valence-corrected chi connectivity index (χ2v) is 9.25. The van der Waals surface area contributed by atoms with E-state index in [1.165, 1.54) is 11.1 Å². The minimum Gasteiger partial charge on any atom is -0.382 e. The maximum absolute atomic E-state index is 4.85. The minimum atomic E-state index is 0.766. The number of hydrogen-bond acceptors (Lipinski definition) is 6. The van der Waals surface area contributed by atoms with Gasteiger partial charge in [-0.2, -0.15) is 0 Å². The maximum atomic E-state index is 4.85. The van der Waals surface area contributed by atoms with Crippen molar-refractivity contribution in [3.63, 3.8) is 0 Å². The van der Waals surface area contributed by atoms with Crippen molar-refractivity contribution in [1.82, 2.24) is 29.7 Å². The quantitative estimate of drug-likeness (QED) is 0.505. The molecular formula is C26H29N7. The molecule has 3 aromatic heterocycles. The van der Waals surface area contributed by atoms with Gasteiger partial charge < -0.3 is 15.2 Å². The number of H-pyrrole nitrogens is 1. The van der Waals surface area contributed by atoms with Crippen molar-refractivity contribution >= 4 is 16.7 Å². The number of aromatic nitrogens is 4. The molecule has 0 aliphatic carbocycles. The fraction of sp³-hybridized carbons (Fsp3) is 0.346. The Morgan fingerprint density at radius 3 is 2.61 bits per heavy atom. The normalized spacial score (nSPS) is 16.8. The zero-order valence-corrected chi connectivity index (χ0v) is 19.2. The second-order valence-electron chi connectivity index (χ2n) is 9.25. The molecule has 33 heavy (non-hydrogen) atoms. The Labute approximate surface area is 193 Å². The average molecular weight is 440 g/mol. The number of benzene rings is 1. The molecule has 1 aromatic carbocycles. The lowest BCUT2D eigenvalue weighted by atomic mass is 10.0. The molecule has 1 saturated heterocycles. The van der Waals surface area contributed by atoms with E-state index in [9.17, 15) is 0 Å². The van der Waals surface area contributed by atoms with E-state index in [4.69, 9.17) is 9.97 Å². The van der Waals surface area contributed by atoms with Crippen LogP contribution in [0.1, 0.15) is 17.0 Å². The Balaban J connectivity index is 1.29. The van der Waals surface area contributed by atoms with Gasteiger partial charge in [0.15, 0.2) is 5.82 Å². The molecule has 6 rings (SSSR count). The molecule has 0 radical (unpaired) electrons. The van der Waals surface area contributed by atoms with E-state index < -0.39 is 0 Å². The van der Waals surface area contributed by atoms with E-state index in [-0.39, 0.29) is 0 Å². The highest BCUT2D eigenvalue weighted by molar-refractivity contribution is 5.96. The summed E-state index contributed by atoms with van der Waals surface area (Å²) in [6.07, 6.45) is 4.79. The summed E-state index contributed by atoms with van der Waals surface area (Å²) >= 11 is 0. The van der Waals surface area contributed by atoms with Crippen molar-refractivity contribution in [2.45, 2.75) is 19.9 Å². The first-order valence-electron chi connectivity index (χ1n) is 11.7. The first kappa shape index (κ1) is 20.3. The Hall–Kier alpha value is -3.29. The van der Waals surface area contributed by atoms with Crippen LogP contribution in [0, 0.1) is 6.92 Å². The highest BCUT2D eigenvalue weighted by Crippen LogP contribution is 2.33.